The standard InChI is InChI=1S/C16H26FN3O3S.HI/c1-5-18-16(20-12(2)8-9-24(4,21)22)19-11-13-6-7-15(23-3)14(17)10-13;/h6-7,10,12H,5,8-9,11H2,1-4H3,(H2,18,19,20);1H. The first-order chi connectivity index (χ1) is 11.2. The maximum absolute atomic E-state index is 13.7. The molecule has 0 radical (unpaired) electrons. The van der Waals surface area contributed by atoms with E-state index >= 15 is 0 Å². The highest BCUT2D eigenvalue weighted by Crippen LogP contribution is 2.18. The van der Waals surface area contributed by atoms with E-state index in [2.05, 4.69) is 15.6 Å². The van der Waals surface area contributed by atoms with Crippen molar-refractivity contribution in [3.63, 3.8) is 0 Å². The largest absolute Gasteiger partial charge is 0.494 e. The van der Waals surface area contributed by atoms with Crippen LogP contribution in [-0.2, 0) is 16.4 Å². The summed E-state index contributed by atoms with van der Waals surface area (Å²) in [5.41, 5.74) is 0.717. The van der Waals surface area contributed by atoms with E-state index in [-0.39, 0.29) is 41.5 Å². The van der Waals surface area contributed by atoms with Crippen LogP contribution in [-0.4, -0.2) is 46.1 Å². The summed E-state index contributed by atoms with van der Waals surface area (Å²) in [5, 5.41) is 6.24. The molecule has 2 N–H and O–H groups in total. The van der Waals surface area contributed by atoms with Crippen molar-refractivity contribution in [2.24, 2.45) is 4.99 Å². The highest BCUT2D eigenvalue weighted by Gasteiger charge is 2.10. The normalized spacial score (nSPS) is 12.9. The number of rotatable bonds is 8. The van der Waals surface area contributed by atoms with Crippen LogP contribution in [0.3, 0.4) is 0 Å². The van der Waals surface area contributed by atoms with Gasteiger partial charge in [-0.1, -0.05) is 6.07 Å². The number of nitrogens with one attached hydrogen (secondary N) is 2. The zero-order valence-electron chi connectivity index (χ0n) is 15.0. The Bertz CT molecular complexity index is 669. The van der Waals surface area contributed by atoms with Gasteiger partial charge in [0.1, 0.15) is 9.84 Å². The van der Waals surface area contributed by atoms with Crippen LogP contribution in [0.25, 0.3) is 0 Å². The predicted molar refractivity (Wildman–Crippen MR) is 110 cm³/mol. The Labute approximate surface area is 166 Å². The molecule has 0 bridgehead atoms. The fraction of sp³-hybridized carbons (Fsp3) is 0.562. The molecule has 0 fully saturated rings. The van der Waals surface area contributed by atoms with Gasteiger partial charge in [0, 0.05) is 18.8 Å². The van der Waals surface area contributed by atoms with Gasteiger partial charge in [-0.25, -0.2) is 17.8 Å². The maximum atomic E-state index is 13.7. The van der Waals surface area contributed by atoms with E-state index in [1.807, 2.05) is 13.8 Å². The van der Waals surface area contributed by atoms with Crippen molar-refractivity contribution >= 4 is 39.8 Å². The van der Waals surface area contributed by atoms with Gasteiger partial charge in [0.25, 0.3) is 0 Å². The van der Waals surface area contributed by atoms with Gasteiger partial charge in [0.05, 0.1) is 19.4 Å². The van der Waals surface area contributed by atoms with E-state index in [4.69, 9.17) is 4.74 Å². The molecule has 0 spiro atoms. The fourth-order valence-electron chi connectivity index (χ4n) is 2.00. The first-order valence-corrected chi connectivity index (χ1v) is 9.86. The SMILES string of the molecule is CCNC(=NCc1ccc(OC)c(F)c1)NC(C)CCS(C)(=O)=O.I. The summed E-state index contributed by atoms with van der Waals surface area (Å²) in [6, 6.07) is 4.65. The van der Waals surface area contributed by atoms with Gasteiger partial charge in [-0.3, -0.25) is 0 Å². The lowest BCUT2D eigenvalue weighted by atomic mass is 10.2. The monoisotopic (exact) mass is 487 g/mol. The molecule has 1 atom stereocenters. The predicted octanol–water partition coefficient (Wildman–Crippen LogP) is 2.33. The van der Waals surface area contributed by atoms with Gasteiger partial charge in [0.2, 0.25) is 0 Å². The van der Waals surface area contributed by atoms with Gasteiger partial charge in [0.15, 0.2) is 17.5 Å². The van der Waals surface area contributed by atoms with E-state index in [1.165, 1.54) is 19.4 Å². The Balaban J connectivity index is 0.00000576. The number of hydrogen-bond donors (Lipinski definition) is 2. The third-order valence-corrected chi connectivity index (χ3v) is 4.26. The number of guanidine groups is 1. The van der Waals surface area contributed by atoms with Crippen LogP contribution in [0.5, 0.6) is 5.75 Å². The molecule has 1 aromatic carbocycles. The molecule has 25 heavy (non-hydrogen) atoms. The van der Waals surface area contributed by atoms with Crippen LogP contribution in [0, 0.1) is 5.82 Å². The molecule has 0 aliphatic carbocycles. The van der Waals surface area contributed by atoms with Crippen LogP contribution in [0.15, 0.2) is 23.2 Å². The number of ether oxygens (including phenoxy) is 1. The number of methoxy groups -OCH3 is 1. The molecule has 1 aromatic rings. The van der Waals surface area contributed by atoms with Crippen LogP contribution < -0.4 is 15.4 Å². The smallest absolute Gasteiger partial charge is 0.191 e. The maximum Gasteiger partial charge on any atom is 0.191 e. The van der Waals surface area contributed by atoms with Crippen molar-refractivity contribution in [3.8, 4) is 5.75 Å². The van der Waals surface area contributed by atoms with Crippen molar-refractivity contribution in [3.05, 3.63) is 29.6 Å². The first-order valence-electron chi connectivity index (χ1n) is 7.80. The summed E-state index contributed by atoms with van der Waals surface area (Å²) < 4.78 is 41.0. The molecule has 0 amide bonds. The van der Waals surface area contributed by atoms with Crippen LogP contribution in [0.4, 0.5) is 4.39 Å². The topological polar surface area (TPSA) is 79.8 Å². The molecular weight excluding hydrogens is 460 g/mol. The second kappa shape index (κ2) is 11.5. The molecule has 1 unspecified atom stereocenters. The van der Waals surface area contributed by atoms with Crippen molar-refractivity contribution in [2.45, 2.75) is 32.9 Å². The lowest BCUT2D eigenvalue weighted by Crippen LogP contribution is -2.42. The number of aliphatic imine (C=N–C) groups is 1. The van der Waals surface area contributed by atoms with Gasteiger partial charge >= 0.3 is 0 Å². The minimum Gasteiger partial charge on any atom is -0.494 e. The summed E-state index contributed by atoms with van der Waals surface area (Å²) in [6.45, 7) is 4.80. The van der Waals surface area contributed by atoms with Gasteiger partial charge < -0.3 is 15.4 Å². The summed E-state index contributed by atoms with van der Waals surface area (Å²) >= 11 is 0. The summed E-state index contributed by atoms with van der Waals surface area (Å²) in [5.74, 6) is 0.450. The quantitative estimate of drug-likeness (QED) is 0.335. The summed E-state index contributed by atoms with van der Waals surface area (Å²) in [7, 11) is -1.57. The average Bonchev–Trinajstić information content (AvgIpc) is 2.50. The Hall–Kier alpha value is -1.10. The second-order valence-electron chi connectivity index (χ2n) is 5.63. The minimum absolute atomic E-state index is 0. The van der Waals surface area contributed by atoms with Crippen LogP contribution in [0.1, 0.15) is 25.8 Å². The third kappa shape index (κ3) is 9.83. The molecule has 144 valence electrons. The van der Waals surface area contributed by atoms with E-state index in [0.29, 0.717) is 31.0 Å². The third-order valence-electron chi connectivity index (χ3n) is 3.28. The van der Waals surface area contributed by atoms with Gasteiger partial charge in [-0.15, -0.1) is 24.0 Å². The number of hydrogen-bond acceptors (Lipinski definition) is 4. The molecule has 0 saturated heterocycles. The molecule has 0 aliphatic heterocycles. The molecule has 9 heteroatoms. The number of sulfone groups is 1. The molecule has 0 aromatic heterocycles. The molecule has 0 heterocycles. The number of benzene rings is 1. The Morgan fingerprint density at radius 1 is 1.40 bits per heavy atom. The van der Waals surface area contributed by atoms with E-state index in [9.17, 15) is 12.8 Å². The minimum atomic E-state index is -2.99. The molecular formula is C16H27FIN3O3S. The van der Waals surface area contributed by atoms with Crippen molar-refractivity contribution in [1.29, 1.82) is 0 Å². The number of halogens is 2. The Morgan fingerprint density at radius 3 is 2.60 bits per heavy atom. The summed E-state index contributed by atoms with van der Waals surface area (Å²) in [6.07, 6.45) is 1.71. The second-order valence-corrected chi connectivity index (χ2v) is 7.89. The fourth-order valence-corrected chi connectivity index (χ4v) is 2.78. The average molecular weight is 487 g/mol. The highest BCUT2D eigenvalue weighted by molar-refractivity contribution is 14.0. The molecule has 6 nitrogen and oxygen atoms in total. The zero-order valence-corrected chi connectivity index (χ0v) is 18.2. The van der Waals surface area contributed by atoms with Crippen LogP contribution >= 0.6 is 24.0 Å². The van der Waals surface area contributed by atoms with Gasteiger partial charge in [-0.2, -0.15) is 0 Å². The Morgan fingerprint density at radius 2 is 2.08 bits per heavy atom. The Kier molecular flexibility index (Phi) is 11.0. The van der Waals surface area contributed by atoms with E-state index in [0.717, 1.165) is 0 Å². The van der Waals surface area contributed by atoms with Gasteiger partial charge in [-0.05, 0) is 38.0 Å². The summed E-state index contributed by atoms with van der Waals surface area (Å²) in [4.78, 5) is 4.40. The molecule has 0 aliphatic rings. The van der Waals surface area contributed by atoms with E-state index < -0.39 is 15.7 Å². The first kappa shape index (κ1) is 23.9. The van der Waals surface area contributed by atoms with Crippen molar-refractivity contribution in [2.75, 3.05) is 25.7 Å². The lowest BCUT2D eigenvalue weighted by Gasteiger charge is -2.17. The van der Waals surface area contributed by atoms with E-state index in [1.54, 1.807) is 12.1 Å². The van der Waals surface area contributed by atoms with Crippen LogP contribution in [0.2, 0.25) is 0 Å². The van der Waals surface area contributed by atoms with Crippen molar-refractivity contribution < 1.29 is 17.5 Å². The molecule has 1 rings (SSSR count). The van der Waals surface area contributed by atoms with Crippen molar-refractivity contribution in [1.82, 2.24) is 10.6 Å². The number of nitrogens with zero attached hydrogens (tertiary/aromatic N) is 1. The molecule has 0 saturated carbocycles. The zero-order chi connectivity index (χ0) is 18.2. The lowest BCUT2D eigenvalue weighted by molar-refractivity contribution is 0.386. The highest BCUT2D eigenvalue weighted by atomic mass is 127.